The first-order chi connectivity index (χ1) is 12.7. The lowest BCUT2D eigenvalue weighted by molar-refractivity contribution is 0.0950. The first-order valence-corrected chi connectivity index (χ1v) is 8.06. The van der Waals surface area contributed by atoms with Gasteiger partial charge in [-0.3, -0.25) is 14.8 Å². The molecule has 0 unspecified atom stereocenters. The minimum absolute atomic E-state index is 0.204. The number of amides is 1. The highest BCUT2D eigenvalue weighted by Crippen LogP contribution is 2.22. The molecule has 2 heterocycles. The van der Waals surface area contributed by atoms with Gasteiger partial charge in [0, 0.05) is 42.3 Å². The molecule has 1 aromatic carbocycles. The van der Waals surface area contributed by atoms with Crippen molar-refractivity contribution < 1.29 is 14.3 Å². The van der Waals surface area contributed by atoms with E-state index in [2.05, 4.69) is 15.3 Å². The highest BCUT2D eigenvalue weighted by atomic mass is 16.5. The van der Waals surface area contributed by atoms with Gasteiger partial charge >= 0.3 is 0 Å². The van der Waals surface area contributed by atoms with Crippen LogP contribution in [-0.4, -0.2) is 30.1 Å². The van der Waals surface area contributed by atoms with Crippen molar-refractivity contribution in [3.8, 4) is 22.8 Å². The monoisotopic (exact) mass is 349 g/mol. The van der Waals surface area contributed by atoms with E-state index in [4.69, 9.17) is 9.47 Å². The highest BCUT2D eigenvalue weighted by molar-refractivity contribution is 5.95. The van der Waals surface area contributed by atoms with Crippen LogP contribution < -0.4 is 14.8 Å². The summed E-state index contributed by atoms with van der Waals surface area (Å²) in [5, 5.41) is 2.91. The zero-order chi connectivity index (χ0) is 18.4. The van der Waals surface area contributed by atoms with E-state index in [1.165, 1.54) is 0 Å². The van der Waals surface area contributed by atoms with E-state index in [-0.39, 0.29) is 5.91 Å². The number of carbonyl (C=O) groups excluding carboxylic acids is 1. The molecule has 0 aliphatic heterocycles. The fourth-order valence-electron chi connectivity index (χ4n) is 2.49. The maximum absolute atomic E-state index is 12.5. The summed E-state index contributed by atoms with van der Waals surface area (Å²) in [7, 11) is 3.10. The molecule has 1 amide bonds. The van der Waals surface area contributed by atoms with Crippen LogP contribution in [0.1, 0.15) is 15.9 Å². The molecule has 0 aliphatic carbocycles. The van der Waals surface area contributed by atoms with Gasteiger partial charge in [0.05, 0.1) is 19.9 Å². The average molecular weight is 349 g/mol. The number of carbonyl (C=O) groups is 1. The van der Waals surface area contributed by atoms with Crippen LogP contribution in [0.15, 0.2) is 61.1 Å². The van der Waals surface area contributed by atoms with E-state index in [0.717, 1.165) is 16.8 Å². The molecule has 0 aliphatic rings. The van der Waals surface area contributed by atoms with E-state index in [1.54, 1.807) is 51.0 Å². The molecule has 0 fully saturated rings. The molecule has 0 saturated heterocycles. The fraction of sp³-hybridized carbons (Fsp3) is 0.150. The van der Waals surface area contributed by atoms with Crippen LogP contribution in [0.3, 0.4) is 0 Å². The molecule has 6 nitrogen and oxygen atoms in total. The predicted molar refractivity (Wildman–Crippen MR) is 98.2 cm³/mol. The third-order valence-electron chi connectivity index (χ3n) is 3.87. The van der Waals surface area contributed by atoms with Gasteiger partial charge in [0.15, 0.2) is 0 Å². The molecule has 6 heteroatoms. The van der Waals surface area contributed by atoms with Gasteiger partial charge in [-0.15, -0.1) is 0 Å². The minimum atomic E-state index is -0.204. The molecule has 3 rings (SSSR count). The molecule has 0 atom stereocenters. The number of aromatic nitrogens is 2. The second-order valence-electron chi connectivity index (χ2n) is 5.57. The van der Waals surface area contributed by atoms with Gasteiger partial charge in [-0.1, -0.05) is 0 Å². The number of nitrogens with one attached hydrogen (secondary N) is 1. The van der Waals surface area contributed by atoms with Crippen molar-refractivity contribution in [3.63, 3.8) is 0 Å². The van der Waals surface area contributed by atoms with Crippen molar-refractivity contribution >= 4 is 5.91 Å². The van der Waals surface area contributed by atoms with Crippen molar-refractivity contribution in [2.24, 2.45) is 0 Å². The number of nitrogens with zero attached hydrogens (tertiary/aromatic N) is 2. The van der Waals surface area contributed by atoms with Crippen LogP contribution in [0.5, 0.6) is 11.5 Å². The Morgan fingerprint density at radius 3 is 2.31 bits per heavy atom. The Hall–Kier alpha value is -3.41. The molecular formula is C20H19N3O3. The Morgan fingerprint density at radius 2 is 1.65 bits per heavy atom. The largest absolute Gasteiger partial charge is 0.497 e. The van der Waals surface area contributed by atoms with Crippen LogP contribution in [-0.2, 0) is 6.54 Å². The molecule has 0 saturated carbocycles. The van der Waals surface area contributed by atoms with Crippen molar-refractivity contribution in [1.82, 2.24) is 15.3 Å². The highest BCUT2D eigenvalue weighted by Gasteiger charge is 2.10. The fourth-order valence-corrected chi connectivity index (χ4v) is 2.49. The van der Waals surface area contributed by atoms with Crippen LogP contribution in [0.2, 0.25) is 0 Å². The summed E-state index contributed by atoms with van der Waals surface area (Å²) in [5.41, 5.74) is 3.24. The number of rotatable bonds is 6. The minimum Gasteiger partial charge on any atom is -0.497 e. The third kappa shape index (κ3) is 4.16. The Balaban J connectivity index is 1.72. The summed E-state index contributed by atoms with van der Waals surface area (Å²) in [5.74, 6) is 0.932. The first-order valence-electron chi connectivity index (χ1n) is 8.06. The Kier molecular flexibility index (Phi) is 5.43. The van der Waals surface area contributed by atoms with Gasteiger partial charge in [-0.05, 0) is 42.0 Å². The molecule has 3 aromatic rings. The maximum Gasteiger partial charge on any atom is 0.251 e. The summed E-state index contributed by atoms with van der Waals surface area (Å²) in [6.45, 7) is 0.388. The second-order valence-corrected chi connectivity index (χ2v) is 5.57. The van der Waals surface area contributed by atoms with E-state index in [1.807, 2.05) is 24.3 Å². The molecule has 26 heavy (non-hydrogen) atoms. The second kappa shape index (κ2) is 8.11. The van der Waals surface area contributed by atoms with E-state index < -0.39 is 0 Å². The summed E-state index contributed by atoms with van der Waals surface area (Å²) in [6, 6.07) is 12.7. The number of ether oxygens (including phenoxy) is 2. The first kappa shape index (κ1) is 17.4. The summed E-state index contributed by atoms with van der Waals surface area (Å²) in [4.78, 5) is 20.8. The summed E-state index contributed by atoms with van der Waals surface area (Å²) < 4.78 is 10.4. The van der Waals surface area contributed by atoms with Crippen LogP contribution >= 0.6 is 0 Å². The van der Waals surface area contributed by atoms with Crippen LogP contribution in [0.25, 0.3) is 11.3 Å². The lowest BCUT2D eigenvalue weighted by atomic mass is 10.1. The summed E-state index contributed by atoms with van der Waals surface area (Å²) >= 11 is 0. The standard InChI is InChI=1S/C20H19N3O3/c1-25-17-10-16(11-18(12-17)26-2)20(24)23-13-14-3-8-22-19(9-14)15-4-6-21-7-5-15/h3-12H,13H2,1-2H3,(H,23,24). The number of hydrogen-bond donors (Lipinski definition) is 1. The zero-order valence-electron chi connectivity index (χ0n) is 14.6. The van der Waals surface area contributed by atoms with Crippen LogP contribution in [0.4, 0.5) is 0 Å². The molecule has 2 aromatic heterocycles. The molecule has 0 bridgehead atoms. The average Bonchev–Trinajstić information content (AvgIpc) is 2.72. The van der Waals surface area contributed by atoms with Gasteiger partial charge in [-0.2, -0.15) is 0 Å². The topological polar surface area (TPSA) is 73.3 Å². The Morgan fingerprint density at radius 1 is 0.962 bits per heavy atom. The molecule has 132 valence electrons. The van der Waals surface area contributed by atoms with E-state index in [0.29, 0.717) is 23.6 Å². The number of methoxy groups -OCH3 is 2. The molecule has 0 radical (unpaired) electrons. The molecule has 1 N–H and O–H groups in total. The van der Waals surface area contributed by atoms with Crippen molar-refractivity contribution in [3.05, 3.63) is 72.2 Å². The molecule has 0 spiro atoms. The van der Waals surface area contributed by atoms with Crippen molar-refractivity contribution in [2.45, 2.75) is 6.54 Å². The van der Waals surface area contributed by atoms with Crippen LogP contribution in [0, 0.1) is 0 Å². The third-order valence-corrected chi connectivity index (χ3v) is 3.87. The smallest absolute Gasteiger partial charge is 0.251 e. The maximum atomic E-state index is 12.5. The quantitative estimate of drug-likeness (QED) is 0.740. The number of hydrogen-bond acceptors (Lipinski definition) is 5. The number of pyridine rings is 2. The van der Waals surface area contributed by atoms with Gasteiger partial charge in [0.1, 0.15) is 11.5 Å². The van der Waals surface area contributed by atoms with Crippen molar-refractivity contribution in [1.29, 1.82) is 0 Å². The summed E-state index contributed by atoms with van der Waals surface area (Å²) in [6.07, 6.45) is 5.18. The molecular weight excluding hydrogens is 330 g/mol. The SMILES string of the molecule is COc1cc(OC)cc(C(=O)NCc2ccnc(-c3ccncc3)c2)c1. The van der Waals surface area contributed by atoms with Gasteiger partial charge in [0.2, 0.25) is 0 Å². The lowest BCUT2D eigenvalue weighted by Crippen LogP contribution is -2.22. The van der Waals surface area contributed by atoms with E-state index >= 15 is 0 Å². The number of benzene rings is 1. The zero-order valence-corrected chi connectivity index (χ0v) is 14.6. The van der Waals surface area contributed by atoms with Gasteiger partial charge < -0.3 is 14.8 Å². The van der Waals surface area contributed by atoms with E-state index in [9.17, 15) is 4.79 Å². The van der Waals surface area contributed by atoms with Gasteiger partial charge in [-0.25, -0.2) is 0 Å². The van der Waals surface area contributed by atoms with Crippen molar-refractivity contribution in [2.75, 3.05) is 14.2 Å². The van der Waals surface area contributed by atoms with Gasteiger partial charge in [0.25, 0.3) is 5.91 Å². The predicted octanol–water partition coefficient (Wildman–Crippen LogP) is 3.09. The Bertz CT molecular complexity index is 876. The Labute approximate surface area is 151 Å². The normalized spacial score (nSPS) is 10.2. The lowest BCUT2D eigenvalue weighted by Gasteiger charge is -2.10.